The highest BCUT2D eigenvalue weighted by Gasteiger charge is 2.37. The fraction of sp³-hybridized carbons (Fsp3) is 0.157. The van der Waals surface area contributed by atoms with Gasteiger partial charge in [0.15, 0.2) is 5.60 Å². The SMILES string of the molecule is COc1ccc(N2CCN(c3ccc(C4(c5ccccc5)C=Cc5c(ccc6c(C(=O)Nc7ccc(N=Nc8ccc(N(C)C)cc8)cc7)cccc56)O4)cc3)CC2)cc1. The van der Waals surface area contributed by atoms with Gasteiger partial charge in [0.2, 0.25) is 0 Å². The van der Waals surface area contributed by atoms with E-state index in [4.69, 9.17) is 9.47 Å². The molecule has 2 aliphatic rings. The summed E-state index contributed by atoms with van der Waals surface area (Å²) in [5, 5.41) is 13.6. The van der Waals surface area contributed by atoms with E-state index in [-0.39, 0.29) is 5.91 Å². The van der Waals surface area contributed by atoms with Gasteiger partial charge in [-0.2, -0.15) is 10.2 Å². The van der Waals surface area contributed by atoms with Gasteiger partial charge >= 0.3 is 0 Å². The van der Waals surface area contributed by atoms with E-state index in [1.807, 2.05) is 116 Å². The molecule has 2 aliphatic heterocycles. The number of nitrogens with zero attached hydrogens (tertiary/aromatic N) is 5. The number of hydrogen-bond donors (Lipinski definition) is 1. The molecule has 1 unspecified atom stereocenters. The molecule has 60 heavy (non-hydrogen) atoms. The van der Waals surface area contributed by atoms with Crippen molar-refractivity contribution in [2.24, 2.45) is 10.2 Å². The quantitative estimate of drug-likeness (QED) is 0.139. The van der Waals surface area contributed by atoms with E-state index < -0.39 is 5.60 Å². The average Bonchev–Trinajstić information content (AvgIpc) is 3.31. The Morgan fingerprint density at radius 2 is 1.25 bits per heavy atom. The van der Waals surface area contributed by atoms with Crippen LogP contribution in [0.25, 0.3) is 16.8 Å². The monoisotopic (exact) mass is 790 g/mol. The molecule has 2 heterocycles. The maximum Gasteiger partial charge on any atom is 0.256 e. The van der Waals surface area contributed by atoms with Crippen molar-refractivity contribution < 1.29 is 14.3 Å². The molecule has 1 amide bonds. The maximum absolute atomic E-state index is 13.8. The first-order valence-corrected chi connectivity index (χ1v) is 20.2. The van der Waals surface area contributed by atoms with Crippen LogP contribution in [0.3, 0.4) is 0 Å². The van der Waals surface area contributed by atoms with Gasteiger partial charge in [0, 0.05) is 85.3 Å². The normalized spacial score (nSPS) is 16.1. The molecule has 7 aromatic carbocycles. The molecule has 0 aromatic heterocycles. The minimum Gasteiger partial charge on any atom is -0.497 e. The fourth-order valence-electron chi connectivity index (χ4n) is 8.07. The van der Waals surface area contributed by atoms with Gasteiger partial charge in [0.25, 0.3) is 5.91 Å². The molecule has 7 aromatic rings. The molecular weight excluding hydrogens is 745 g/mol. The van der Waals surface area contributed by atoms with Crippen LogP contribution in [0.15, 0.2) is 174 Å². The first kappa shape index (κ1) is 38.1. The third kappa shape index (κ3) is 7.65. The lowest BCUT2D eigenvalue weighted by Crippen LogP contribution is -2.46. The van der Waals surface area contributed by atoms with Crippen molar-refractivity contribution in [3.8, 4) is 11.5 Å². The van der Waals surface area contributed by atoms with E-state index in [0.29, 0.717) is 16.9 Å². The summed E-state index contributed by atoms with van der Waals surface area (Å²) in [6.07, 6.45) is 4.29. The zero-order chi connectivity index (χ0) is 41.1. The van der Waals surface area contributed by atoms with E-state index in [1.165, 1.54) is 11.4 Å². The van der Waals surface area contributed by atoms with Crippen LogP contribution in [0, 0.1) is 0 Å². The summed E-state index contributed by atoms with van der Waals surface area (Å²) in [5.41, 5.74) is 8.37. The van der Waals surface area contributed by atoms with Crippen LogP contribution < -0.4 is 29.5 Å². The van der Waals surface area contributed by atoms with E-state index in [9.17, 15) is 4.79 Å². The molecule has 1 atom stereocenters. The third-order valence-corrected chi connectivity index (χ3v) is 11.4. The molecule has 298 valence electrons. The Hall–Kier alpha value is -7.39. The number of piperazine rings is 1. The summed E-state index contributed by atoms with van der Waals surface area (Å²) >= 11 is 0. The summed E-state index contributed by atoms with van der Waals surface area (Å²) in [6, 6.07) is 52.5. The number of nitrogens with one attached hydrogen (secondary N) is 1. The molecule has 0 saturated carbocycles. The van der Waals surface area contributed by atoms with Crippen molar-refractivity contribution >= 4 is 56.9 Å². The lowest BCUT2D eigenvalue weighted by Gasteiger charge is -2.38. The van der Waals surface area contributed by atoms with E-state index in [1.54, 1.807) is 7.11 Å². The molecule has 0 aliphatic carbocycles. The zero-order valence-electron chi connectivity index (χ0n) is 34.0. The number of anilines is 4. The van der Waals surface area contributed by atoms with Crippen LogP contribution in [0.2, 0.25) is 0 Å². The van der Waals surface area contributed by atoms with Gasteiger partial charge in [-0.3, -0.25) is 4.79 Å². The van der Waals surface area contributed by atoms with E-state index in [0.717, 1.165) is 76.5 Å². The third-order valence-electron chi connectivity index (χ3n) is 11.4. The molecule has 1 N–H and O–H groups in total. The molecule has 9 heteroatoms. The van der Waals surface area contributed by atoms with Crippen LogP contribution in [0.5, 0.6) is 11.5 Å². The Labute approximate surface area is 350 Å². The Morgan fingerprint density at radius 3 is 1.87 bits per heavy atom. The number of ether oxygens (including phenoxy) is 2. The molecule has 0 bridgehead atoms. The Morgan fingerprint density at radius 1 is 0.650 bits per heavy atom. The van der Waals surface area contributed by atoms with E-state index >= 15 is 0 Å². The zero-order valence-corrected chi connectivity index (χ0v) is 34.0. The molecule has 9 nitrogen and oxygen atoms in total. The number of azo groups is 1. The van der Waals surface area contributed by atoms with Gasteiger partial charge < -0.3 is 29.5 Å². The van der Waals surface area contributed by atoms with Crippen molar-refractivity contribution in [3.05, 3.63) is 186 Å². The van der Waals surface area contributed by atoms with Crippen LogP contribution >= 0.6 is 0 Å². The van der Waals surface area contributed by atoms with Crippen LogP contribution in [-0.4, -0.2) is 53.3 Å². The number of methoxy groups -OCH3 is 1. The predicted molar refractivity (Wildman–Crippen MR) is 244 cm³/mol. The average molecular weight is 791 g/mol. The van der Waals surface area contributed by atoms with Gasteiger partial charge in [-0.25, -0.2) is 0 Å². The maximum atomic E-state index is 13.8. The van der Waals surface area contributed by atoms with Crippen LogP contribution in [0.1, 0.15) is 27.0 Å². The molecule has 0 radical (unpaired) electrons. The Bertz CT molecular complexity index is 2670. The molecule has 0 spiro atoms. The highest BCUT2D eigenvalue weighted by atomic mass is 16.5. The smallest absolute Gasteiger partial charge is 0.256 e. The minimum atomic E-state index is -0.842. The molecule has 9 rings (SSSR count). The number of fused-ring (bicyclic) bond motifs is 3. The second-order valence-electron chi connectivity index (χ2n) is 15.2. The predicted octanol–water partition coefficient (Wildman–Crippen LogP) is 11.3. The molecule has 1 fully saturated rings. The fourth-order valence-corrected chi connectivity index (χ4v) is 8.07. The number of benzene rings is 7. The largest absolute Gasteiger partial charge is 0.497 e. The summed E-state index contributed by atoms with van der Waals surface area (Å²) in [5.74, 6) is 1.43. The van der Waals surface area contributed by atoms with Crippen LogP contribution in [-0.2, 0) is 5.60 Å². The van der Waals surface area contributed by atoms with Gasteiger partial charge in [-0.15, -0.1) is 0 Å². The molecular formula is C51H46N6O3. The Balaban J connectivity index is 0.921. The van der Waals surface area contributed by atoms with Crippen LogP contribution in [0.4, 0.5) is 34.1 Å². The highest BCUT2D eigenvalue weighted by molar-refractivity contribution is 6.14. The van der Waals surface area contributed by atoms with Crippen molar-refractivity contribution in [3.63, 3.8) is 0 Å². The number of rotatable bonds is 10. The Kier molecular flexibility index (Phi) is 10.5. The molecule has 1 saturated heterocycles. The standard InChI is InChI=1S/C51H46N6O3/c1-55(2)41-22-18-40(19-23-41)54-53-39-16-14-38(15-17-39)52-50(58)48-11-7-10-45-46(48)28-29-49-47(45)30-31-51(60-49,36-8-5-4-6-9-36)37-12-20-42(21-13-37)56-32-34-57(35-33-56)43-24-26-44(59-3)27-25-43/h4-31H,32-35H2,1-3H3,(H,52,58). The summed E-state index contributed by atoms with van der Waals surface area (Å²) < 4.78 is 12.4. The second kappa shape index (κ2) is 16.5. The minimum absolute atomic E-state index is 0.197. The lowest BCUT2D eigenvalue weighted by molar-refractivity contribution is 0.102. The first-order valence-electron chi connectivity index (χ1n) is 20.2. The van der Waals surface area contributed by atoms with Gasteiger partial charge in [0.05, 0.1) is 18.5 Å². The number of hydrogen-bond acceptors (Lipinski definition) is 8. The second-order valence-corrected chi connectivity index (χ2v) is 15.2. The van der Waals surface area contributed by atoms with Gasteiger partial charge in [-0.1, -0.05) is 54.6 Å². The first-order chi connectivity index (χ1) is 29.4. The number of carbonyl (C=O) groups excluding carboxylic acids is 1. The van der Waals surface area contributed by atoms with Gasteiger partial charge in [-0.05, 0) is 126 Å². The number of carbonyl (C=O) groups is 1. The van der Waals surface area contributed by atoms with Crippen molar-refractivity contribution in [2.45, 2.75) is 5.60 Å². The van der Waals surface area contributed by atoms with Crippen molar-refractivity contribution in [2.75, 3.05) is 67.4 Å². The summed E-state index contributed by atoms with van der Waals surface area (Å²) in [6.45, 7) is 3.74. The van der Waals surface area contributed by atoms with E-state index in [2.05, 4.69) is 98.2 Å². The topological polar surface area (TPSA) is 82.0 Å². The lowest BCUT2D eigenvalue weighted by atomic mass is 9.83. The van der Waals surface area contributed by atoms with Crippen molar-refractivity contribution in [1.82, 2.24) is 0 Å². The summed E-state index contributed by atoms with van der Waals surface area (Å²) in [7, 11) is 5.70. The number of amides is 1. The van der Waals surface area contributed by atoms with Gasteiger partial charge in [0.1, 0.15) is 11.5 Å². The summed E-state index contributed by atoms with van der Waals surface area (Å²) in [4.78, 5) is 20.7. The van der Waals surface area contributed by atoms with Crippen molar-refractivity contribution in [1.29, 1.82) is 0 Å². The highest BCUT2D eigenvalue weighted by Crippen LogP contribution is 2.45.